The first kappa shape index (κ1) is 11.4. The highest BCUT2D eigenvalue weighted by Crippen LogP contribution is 2.07. The van der Waals surface area contributed by atoms with Crippen molar-refractivity contribution in [1.29, 1.82) is 0 Å². The maximum atomic E-state index is 11.7. The summed E-state index contributed by atoms with van der Waals surface area (Å²) in [7, 11) is -0.865. The van der Waals surface area contributed by atoms with Gasteiger partial charge < -0.3 is 5.73 Å². The van der Waals surface area contributed by atoms with Gasteiger partial charge >= 0.3 is 0 Å². The van der Waals surface area contributed by atoms with Crippen LogP contribution < -0.4 is 5.73 Å². The summed E-state index contributed by atoms with van der Waals surface area (Å²) in [5.41, 5.74) is 6.56. The summed E-state index contributed by atoms with van der Waals surface area (Å²) >= 11 is 0. The number of nitrogens with two attached hydrogens (primary N) is 1. The Bertz CT molecular complexity index is 303. The van der Waals surface area contributed by atoms with Crippen LogP contribution in [0.5, 0.6) is 0 Å². The highest BCUT2D eigenvalue weighted by molar-refractivity contribution is 7.84. The summed E-state index contributed by atoms with van der Waals surface area (Å²) in [5.74, 6) is 1.14. The molecule has 0 amide bonds. The lowest BCUT2D eigenvalue weighted by atomic mass is 10.1. The van der Waals surface area contributed by atoms with E-state index in [1.165, 1.54) is 0 Å². The Morgan fingerprint density at radius 2 is 1.86 bits per heavy atom. The van der Waals surface area contributed by atoms with Gasteiger partial charge in [0.1, 0.15) is 0 Å². The summed E-state index contributed by atoms with van der Waals surface area (Å²) < 4.78 is 11.7. The molecule has 0 heterocycles. The van der Waals surface area contributed by atoms with Gasteiger partial charge in [0.25, 0.3) is 0 Å². The molecule has 0 saturated heterocycles. The molecule has 0 aromatic heterocycles. The Kier molecular flexibility index (Phi) is 3.84. The van der Waals surface area contributed by atoms with Crippen LogP contribution in [0.4, 0.5) is 0 Å². The first-order valence-corrected chi connectivity index (χ1v) is 6.14. The third-order valence-electron chi connectivity index (χ3n) is 1.70. The van der Waals surface area contributed by atoms with Crippen molar-refractivity contribution in [3.05, 3.63) is 35.9 Å². The van der Waals surface area contributed by atoms with Crippen LogP contribution in [0.15, 0.2) is 30.3 Å². The van der Waals surface area contributed by atoms with Crippen LogP contribution >= 0.6 is 0 Å². The highest BCUT2D eigenvalue weighted by atomic mass is 32.2. The fraction of sp³-hybridized carbons (Fsp3) is 0.455. The Hall–Kier alpha value is -0.670. The molecule has 1 aromatic rings. The van der Waals surface area contributed by atoms with E-state index >= 15 is 0 Å². The molecule has 0 radical (unpaired) electrons. The van der Waals surface area contributed by atoms with Gasteiger partial charge in [0, 0.05) is 27.8 Å². The van der Waals surface area contributed by atoms with Gasteiger partial charge in [-0.1, -0.05) is 30.3 Å². The molecule has 0 aliphatic rings. The standard InChI is InChI=1S/C11H17NOS/c1-11(2,12)9-14(13)8-10-6-4-3-5-7-10/h3-7H,8-9,12H2,1-2H3. The lowest BCUT2D eigenvalue weighted by Crippen LogP contribution is -2.38. The predicted octanol–water partition coefficient (Wildman–Crippen LogP) is 1.67. The van der Waals surface area contributed by atoms with E-state index in [0.717, 1.165) is 5.56 Å². The lowest BCUT2D eigenvalue weighted by molar-refractivity contribution is 0.577. The summed E-state index contributed by atoms with van der Waals surface area (Å²) in [6.07, 6.45) is 0. The number of benzene rings is 1. The smallest absolute Gasteiger partial charge is 0.0486 e. The first-order valence-electron chi connectivity index (χ1n) is 4.65. The lowest BCUT2D eigenvalue weighted by Gasteiger charge is -2.17. The van der Waals surface area contributed by atoms with E-state index in [4.69, 9.17) is 5.73 Å². The SMILES string of the molecule is CC(C)(N)CS(=O)Cc1ccccc1. The molecule has 1 atom stereocenters. The van der Waals surface area contributed by atoms with Crippen molar-refractivity contribution in [1.82, 2.24) is 0 Å². The average molecular weight is 211 g/mol. The van der Waals surface area contributed by atoms with E-state index in [2.05, 4.69) is 0 Å². The van der Waals surface area contributed by atoms with Gasteiger partial charge in [-0.15, -0.1) is 0 Å². The number of hydrogen-bond donors (Lipinski definition) is 1. The molecule has 0 aliphatic carbocycles. The van der Waals surface area contributed by atoms with Crippen LogP contribution in [0, 0.1) is 0 Å². The Morgan fingerprint density at radius 3 is 2.36 bits per heavy atom. The van der Waals surface area contributed by atoms with Crippen LogP contribution in [-0.4, -0.2) is 15.5 Å². The molecule has 2 nitrogen and oxygen atoms in total. The van der Waals surface area contributed by atoms with Crippen molar-refractivity contribution >= 4 is 10.8 Å². The Balaban J connectivity index is 2.50. The molecule has 1 aromatic carbocycles. The third kappa shape index (κ3) is 4.53. The van der Waals surface area contributed by atoms with E-state index in [1.807, 2.05) is 44.2 Å². The van der Waals surface area contributed by atoms with Crippen LogP contribution in [0.3, 0.4) is 0 Å². The van der Waals surface area contributed by atoms with Gasteiger partial charge in [-0.25, -0.2) is 0 Å². The molecule has 0 aliphatic heterocycles. The van der Waals surface area contributed by atoms with Gasteiger partial charge in [0.2, 0.25) is 0 Å². The van der Waals surface area contributed by atoms with Gasteiger partial charge in [-0.3, -0.25) is 4.21 Å². The maximum absolute atomic E-state index is 11.7. The monoisotopic (exact) mass is 211 g/mol. The fourth-order valence-electron chi connectivity index (χ4n) is 1.23. The second-order valence-electron chi connectivity index (χ2n) is 4.20. The van der Waals surface area contributed by atoms with E-state index in [-0.39, 0.29) is 5.54 Å². The average Bonchev–Trinajstić information content (AvgIpc) is 2.02. The predicted molar refractivity (Wildman–Crippen MR) is 61.4 cm³/mol. The van der Waals surface area contributed by atoms with Crippen molar-refractivity contribution in [2.45, 2.75) is 25.1 Å². The molecule has 1 unspecified atom stereocenters. The molecule has 0 spiro atoms. The van der Waals surface area contributed by atoms with Crippen LogP contribution in [0.1, 0.15) is 19.4 Å². The molecule has 0 bridgehead atoms. The highest BCUT2D eigenvalue weighted by Gasteiger charge is 2.15. The van der Waals surface area contributed by atoms with E-state index in [1.54, 1.807) is 0 Å². The van der Waals surface area contributed by atoms with Gasteiger partial charge in [-0.2, -0.15) is 0 Å². The fourth-order valence-corrected chi connectivity index (χ4v) is 2.72. The second-order valence-corrected chi connectivity index (χ2v) is 5.66. The van der Waals surface area contributed by atoms with Crippen LogP contribution in [0.2, 0.25) is 0 Å². The van der Waals surface area contributed by atoms with Crippen molar-refractivity contribution in [3.63, 3.8) is 0 Å². The molecule has 0 saturated carbocycles. The van der Waals surface area contributed by atoms with Gasteiger partial charge in [-0.05, 0) is 19.4 Å². The largest absolute Gasteiger partial charge is 0.325 e. The minimum atomic E-state index is -0.865. The van der Waals surface area contributed by atoms with Crippen LogP contribution in [-0.2, 0) is 16.6 Å². The molecule has 78 valence electrons. The first-order chi connectivity index (χ1) is 6.47. The zero-order chi connectivity index (χ0) is 10.6. The summed E-state index contributed by atoms with van der Waals surface area (Å²) in [6, 6.07) is 9.85. The van der Waals surface area contributed by atoms with Crippen molar-refractivity contribution in [3.8, 4) is 0 Å². The van der Waals surface area contributed by atoms with Crippen molar-refractivity contribution in [2.75, 3.05) is 5.75 Å². The van der Waals surface area contributed by atoms with Crippen molar-refractivity contribution in [2.24, 2.45) is 5.73 Å². The second kappa shape index (κ2) is 4.71. The molecule has 14 heavy (non-hydrogen) atoms. The zero-order valence-corrected chi connectivity index (χ0v) is 9.51. The Morgan fingerprint density at radius 1 is 1.29 bits per heavy atom. The van der Waals surface area contributed by atoms with E-state index < -0.39 is 10.8 Å². The Labute approximate surface area is 88.0 Å². The summed E-state index contributed by atoms with van der Waals surface area (Å²) in [6.45, 7) is 3.80. The zero-order valence-electron chi connectivity index (χ0n) is 8.69. The molecule has 1 rings (SSSR count). The molecular weight excluding hydrogens is 194 g/mol. The molecular formula is C11H17NOS. The molecule has 0 fully saturated rings. The minimum absolute atomic E-state index is 0.348. The third-order valence-corrected chi connectivity index (χ3v) is 3.42. The molecule has 2 N–H and O–H groups in total. The topological polar surface area (TPSA) is 43.1 Å². The minimum Gasteiger partial charge on any atom is -0.325 e. The van der Waals surface area contributed by atoms with Crippen LogP contribution in [0.25, 0.3) is 0 Å². The van der Waals surface area contributed by atoms with E-state index in [0.29, 0.717) is 11.5 Å². The maximum Gasteiger partial charge on any atom is 0.0486 e. The van der Waals surface area contributed by atoms with E-state index in [9.17, 15) is 4.21 Å². The number of rotatable bonds is 4. The van der Waals surface area contributed by atoms with Gasteiger partial charge in [0.15, 0.2) is 0 Å². The normalized spacial score (nSPS) is 13.9. The summed E-state index contributed by atoms with van der Waals surface area (Å²) in [5, 5.41) is 0. The van der Waals surface area contributed by atoms with Gasteiger partial charge in [0.05, 0.1) is 0 Å². The number of hydrogen-bond acceptors (Lipinski definition) is 2. The molecule has 3 heteroatoms. The summed E-state index contributed by atoms with van der Waals surface area (Å²) in [4.78, 5) is 0. The quantitative estimate of drug-likeness (QED) is 0.823. The van der Waals surface area contributed by atoms with Crippen molar-refractivity contribution < 1.29 is 4.21 Å².